The van der Waals surface area contributed by atoms with Crippen LogP contribution in [-0.2, 0) is 11.3 Å². The lowest BCUT2D eigenvalue weighted by atomic mass is 10.0. The third-order valence-electron chi connectivity index (χ3n) is 3.29. The van der Waals surface area contributed by atoms with Crippen LogP contribution in [0.3, 0.4) is 0 Å². The molecule has 2 rings (SSSR count). The minimum absolute atomic E-state index is 0.0653. The van der Waals surface area contributed by atoms with Gasteiger partial charge in [0.1, 0.15) is 0 Å². The predicted octanol–water partition coefficient (Wildman–Crippen LogP) is 1.76. The van der Waals surface area contributed by atoms with Crippen molar-refractivity contribution in [2.75, 3.05) is 0 Å². The van der Waals surface area contributed by atoms with E-state index < -0.39 is 5.91 Å². The molecule has 4 heteroatoms. The van der Waals surface area contributed by atoms with Gasteiger partial charge in [-0.3, -0.25) is 9.59 Å². The molecule has 100 valence electrons. The SMILES string of the molecule is NC(=O)c1ccc(CNC(=O)C[C@H]2C=CCC2)cc1. The number of rotatable bonds is 5. The quantitative estimate of drug-likeness (QED) is 0.790. The maximum Gasteiger partial charge on any atom is 0.248 e. The van der Waals surface area contributed by atoms with Crippen LogP contribution in [0.5, 0.6) is 0 Å². The van der Waals surface area contributed by atoms with Crippen LogP contribution >= 0.6 is 0 Å². The molecule has 0 unspecified atom stereocenters. The van der Waals surface area contributed by atoms with Gasteiger partial charge in [-0.1, -0.05) is 24.3 Å². The number of primary amides is 1. The van der Waals surface area contributed by atoms with Crippen LogP contribution in [0.25, 0.3) is 0 Å². The van der Waals surface area contributed by atoms with Gasteiger partial charge in [-0.2, -0.15) is 0 Å². The first-order chi connectivity index (χ1) is 9.15. The van der Waals surface area contributed by atoms with E-state index in [1.165, 1.54) is 0 Å². The summed E-state index contributed by atoms with van der Waals surface area (Å²) < 4.78 is 0. The van der Waals surface area contributed by atoms with E-state index in [0.717, 1.165) is 18.4 Å². The summed E-state index contributed by atoms with van der Waals surface area (Å²) in [4.78, 5) is 22.6. The molecule has 2 amide bonds. The van der Waals surface area contributed by atoms with Gasteiger partial charge in [-0.25, -0.2) is 0 Å². The van der Waals surface area contributed by atoms with Crippen molar-refractivity contribution in [3.8, 4) is 0 Å². The van der Waals surface area contributed by atoms with Crippen molar-refractivity contribution in [3.05, 3.63) is 47.5 Å². The lowest BCUT2D eigenvalue weighted by molar-refractivity contribution is -0.121. The monoisotopic (exact) mass is 258 g/mol. The molecule has 0 aromatic heterocycles. The summed E-state index contributed by atoms with van der Waals surface area (Å²) in [5.41, 5.74) is 6.60. The number of amides is 2. The molecule has 0 saturated heterocycles. The molecule has 0 radical (unpaired) electrons. The Hall–Kier alpha value is -2.10. The Labute approximate surface area is 112 Å². The second-order valence-corrected chi connectivity index (χ2v) is 4.81. The van der Waals surface area contributed by atoms with Gasteiger partial charge < -0.3 is 11.1 Å². The molecule has 4 nitrogen and oxygen atoms in total. The Bertz CT molecular complexity index is 491. The summed E-state index contributed by atoms with van der Waals surface area (Å²) in [5, 5.41) is 2.89. The first-order valence-electron chi connectivity index (χ1n) is 6.47. The topological polar surface area (TPSA) is 72.2 Å². The highest BCUT2D eigenvalue weighted by Gasteiger charge is 2.13. The predicted molar refractivity (Wildman–Crippen MR) is 73.3 cm³/mol. The number of nitrogens with one attached hydrogen (secondary N) is 1. The number of allylic oxidation sites excluding steroid dienone is 2. The highest BCUT2D eigenvalue weighted by Crippen LogP contribution is 2.20. The van der Waals surface area contributed by atoms with Gasteiger partial charge in [-0.15, -0.1) is 0 Å². The Morgan fingerprint density at radius 2 is 2.00 bits per heavy atom. The molecular formula is C15H18N2O2. The molecule has 1 atom stereocenters. The molecule has 19 heavy (non-hydrogen) atoms. The van der Waals surface area contributed by atoms with E-state index in [2.05, 4.69) is 17.5 Å². The first kappa shape index (κ1) is 13.3. The van der Waals surface area contributed by atoms with Gasteiger partial charge in [0.25, 0.3) is 0 Å². The summed E-state index contributed by atoms with van der Waals surface area (Å²) in [5.74, 6) is 0.0105. The number of nitrogens with two attached hydrogens (primary N) is 1. The van der Waals surface area contributed by atoms with Gasteiger partial charge in [-0.05, 0) is 36.5 Å². The molecule has 0 fully saturated rings. The minimum Gasteiger partial charge on any atom is -0.366 e. The maximum atomic E-state index is 11.7. The minimum atomic E-state index is -0.441. The van der Waals surface area contributed by atoms with Crippen LogP contribution in [0.15, 0.2) is 36.4 Å². The molecule has 1 aromatic carbocycles. The van der Waals surface area contributed by atoms with Crippen molar-refractivity contribution < 1.29 is 9.59 Å². The van der Waals surface area contributed by atoms with Crippen LogP contribution in [0.4, 0.5) is 0 Å². The van der Waals surface area contributed by atoms with Crippen molar-refractivity contribution >= 4 is 11.8 Å². The van der Waals surface area contributed by atoms with E-state index in [0.29, 0.717) is 24.4 Å². The molecule has 3 N–H and O–H groups in total. The number of hydrogen-bond donors (Lipinski definition) is 2. The fraction of sp³-hybridized carbons (Fsp3) is 0.333. The highest BCUT2D eigenvalue weighted by atomic mass is 16.1. The number of carbonyl (C=O) groups excluding carboxylic acids is 2. The second-order valence-electron chi connectivity index (χ2n) is 4.81. The highest BCUT2D eigenvalue weighted by molar-refractivity contribution is 5.92. The van der Waals surface area contributed by atoms with Crippen LogP contribution in [0, 0.1) is 5.92 Å². The average Bonchev–Trinajstić information content (AvgIpc) is 2.89. The Morgan fingerprint density at radius 3 is 2.58 bits per heavy atom. The standard InChI is InChI=1S/C15H18N2O2/c16-15(19)13-7-5-12(6-8-13)10-17-14(18)9-11-3-1-2-4-11/h1,3,5-8,11H,2,4,9-10H2,(H2,16,19)(H,17,18)/t11-/m0/s1. The normalized spacial score (nSPS) is 17.4. The Balaban J connectivity index is 1.79. The van der Waals surface area contributed by atoms with Crippen molar-refractivity contribution in [3.63, 3.8) is 0 Å². The molecule has 0 aliphatic heterocycles. The molecule has 0 saturated carbocycles. The fourth-order valence-corrected chi connectivity index (χ4v) is 2.16. The number of hydrogen-bond acceptors (Lipinski definition) is 2. The van der Waals surface area contributed by atoms with Crippen LogP contribution in [0.1, 0.15) is 35.2 Å². The zero-order chi connectivity index (χ0) is 13.7. The lowest BCUT2D eigenvalue weighted by Gasteiger charge is -2.09. The van der Waals surface area contributed by atoms with Crippen LogP contribution in [-0.4, -0.2) is 11.8 Å². The molecule has 1 aliphatic rings. The number of benzene rings is 1. The van der Waals surface area contributed by atoms with Gasteiger partial charge >= 0.3 is 0 Å². The lowest BCUT2D eigenvalue weighted by Crippen LogP contribution is -2.24. The van der Waals surface area contributed by atoms with Gasteiger partial charge in [0.2, 0.25) is 11.8 Å². The van der Waals surface area contributed by atoms with Crippen molar-refractivity contribution in [1.82, 2.24) is 5.32 Å². The van der Waals surface area contributed by atoms with Gasteiger partial charge in [0.05, 0.1) is 0 Å². The van der Waals surface area contributed by atoms with E-state index in [1.807, 2.05) is 0 Å². The zero-order valence-electron chi connectivity index (χ0n) is 10.8. The molecular weight excluding hydrogens is 240 g/mol. The van der Waals surface area contributed by atoms with E-state index in [4.69, 9.17) is 5.73 Å². The molecule has 1 aromatic rings. The van der Waals surface area contributed by atoms with E-state index in [-0.39, 0.29) is 5.91 Å². The van der Waals surface area contributed by atoms with Crippen LogP contribution in [0.2, 0.25) is 0 Å². The summed E-state index contributed by atoms with van der Waals surface area (Å²) in [6, 6.07) is 6.94. The van der Waals surface area contributed by atoms with E-state index >= 15 is 0 Å². The smallest absolute Gasteiger partial charge is 0.248 e. The molecule has 1 aliphatic carbocycles. The van der Waals surface area contributed by atoms with Gasteiger partial charge in [0.15, 0.2) is 0 Å². The Morgan fingerprint density at radius 1 is 1.26 bits per heavy atom. The average molecular weight is 258 g/mol. The van der Waals surface area contributed by atoms with Crippen molar-refractivity contribution in [2.24, 2.45) is 11.7 Å². The third-order valence-corrected chi connectivity index (χ3v) is 3.29. The zero-order valence-corrected chi connectivity index (χ0v) is 10.8. The second kappa shape index (κ2) is 6.18. The summed E-state index contributed by atoms with van der Waals surface area (Å²) >= 11 is 0. The van der Waals surface area contributed by atoms with E-state index in [9.17, 15) is 9.59 Å². The van der Waals surface area contributed by atoms with Gasteiger partial charge in [0, 0.05) is 18.5 Å². The Kier molecular flexibility index (Phi) is 4.34. The summed E-state index contributed by atoms with van der Waals surface area (Å²) in [6.45, 7) is 0.480. The molecule has 0 bridgehead atoms. The largest absolute Gasteiger partial charge is 0.366 e. The van der Waals surface area contributed by atoms with Crippen molar-refractivity contribution in [2.45, 2.75) is 25.8 Å². The first-order valence-corrected chi connectivity index (χ1v) is 6.47. The van der Waals surface area contributed by atoms with Crippen LogP contribution < -0.4 is 11.1 Å². The van der Waals surface area contributed by atoms with E-state index in [1.54, 1.807) is 24.3 Å². The summed E-state index contributed by atoms with van der Waals surface area (Å²) in [6.07, 6.45) is 6.94. The maximum absolute atomic E-state index is 11.7. The fourth-order valence-electron chi connectivity index (χ4n) is 2.16. The summed E-state index contributed by atoms with van der Waals surface area (Å²) in [7, 11) is 0. The number of carbonyl (C=O) groups is 2. The molecule has 0 spiro atoms. The van der Waals surface area contributed by atoms with Crippen molar-refractivity contribution in [1.29, 1.82) is 0 Å². The third kappa shape index (κ3) is 3.95. The molecule has 0 heterocycles.